The first-order chi connectivity index (χ1) is 14.5. The number of carbonyl (C=O) groups excluding carboxylic acids is 1. The number of benzene rings is 1. The lowest BCUT2D eigenvalue weighted by Gasteiger charge is -2.23. The molecule has 3 rings (SSSR count). The number of nitrogens with zero attached hydrogens (tertiary/aromatic N) is 2. The Labute approximate surface area is 196 Å². The van der Waals surface area contributed by atoms with Crippen LogP contribution in [0.15, 0.2) is 28.4 Å². The van der Waals surface area contributed by atoms with Crippen molar-refractivity contribution in [1.29, 1.82) is 0 Å². The van der Waals surface area contributed by atoms with Gasteiger partial charge in [-0.3, -0.25) is 0 Å². The maximum absolute atomic E-state index is 12.6. The van der Waals surface area contributed by atoms with Gasteiger partial charge in [-0.05, 0) is 42.7 Å². The summed E-state index contributed by atoms with van der Waals surface area (Å²) in [6, 6.07) is 5.51. The Hall–Kier alpha value is -1.15. The first kappa shape index (κ1) is 23.5. The summed E-state index contributed by atoms with van der Waals surface area (Å²) in [6.45, 7) is 0.797. The molecule has 1 saturated carbocycles. The van der Waals surface area contributed by atoms with Crippen molar-refractivity contribution in [2.24, 2.45) is 5.92 Å². The molecular weight excluding hydrogens is 461 g/mol. The molecule has 1 aliphatic rings. The second-order valence-corrected chi connectivity index (χ2v) is 9.70. The molecule has 0 radical (unpaired) electrons. The fourth-order valence-corrected chi connectivity index (χ4v) is 5.15. The maximum Gasteiger partial charge on any atom is 0.344 e. The molecule has 9 heteroatoms. The first-order valence-electron chi connectivity index (χ1n) is 9.86. The van der Waals surface area contributed by atoms with Crippen LogP contribution in [-0.2, 0) is 10.5 Å². The van der Waals surface area contributed by atoms with Gasteiger partial charge in [0, 0.05) is 12.3 Å². The molecule has 5 nitrogen and oxygen atoms in total. The van der Waals surface area contributed by atoms with Crippen LogP contribution in [0.3, 0.4) is 0 Å². The summed E-state index contributed by atoms with van der Waals surface area (Å²) in [4.78, 5) is 21.8. The van der Waals surface area contributed by atoms with E-state index in [1.807, 2.05) is 18.4 Å². The number of hydrogen-bond acceptors (Lipinski definition) is 7. The van der Waals surface area contributed by atoms with E-state index in [0.717, 1.165) is 12.1 Å². The molecule has 0 aliphatic heterocycles. The van der Waals surface area contributed by atoms with Crippen molar-refractivity contribution in [3.63, 3.8) is 0 Å². The fourth-order valence-electron chi connectivity index (χ4n) is 3.44. The highest BCUT2D eigenvalue weighted by Gasteiger charge is 2.23. The predicted molar refractivity (Wildman–Crippen MR) is 126 cm³/mol. The van der Waals surface area contributed by atoms with E-state index in [0.29, 0.717) is 43.3 Å². The third kappa shape index (κ3) is 6.19. The van der Waals surface area contributed by atoms with Gasteiger partial charge < -0.3 is 10.1 Å². The molecular formula is C21H25Cl2N3O2S2. The Kier molecular flexibility index (Phi) is 8.98. The van der Waals surface area contributed by atoms with Gasteiger partial charge in [0.05, 0.1) is 17.2 Å². The van der Waals surface area contributed by atoms with Gasteiger partial charge >= 0.3 is 5.97 Å². The number of nitrogens with one attached hydrogen (secondary N) is 1. The van der Waals surface area contributed by atoms with E-state index in [4.69, 9.17) is 27.9 Å². The highest BCUT2D eigenvalue weighted by atomic mass is 35.5. The third-order valence-corrected chi connectivity index (χ3v) is 7.40. The second kappa shape index (κ2) is 11.5. The Balaban J connectivity index is 1.85. The quantitative estimate of drug-likeness (QED) is 0.196. The molecule has 0 unspecified atom stereocenters. The third-order valence-electron chi connectivity index (χ3n) is 5.07. The van der Waals surface area contributed by atoms with Crippen molar-refractivity contribution in [3.05, 3.63) is 39.4 Å². The summed E-state index contributed by atoms with van der Waals surface area (Å²) in [5, 5.41) is 5.64. The number of aromatic nitrogens is 2. The van der Waals surface area contributed by atoms with Crippen LogP contribution in [0.1, 0.15) is 48.0 Å². The van der Waals surface area contributed by atoms with Crippen LogP contribution >= 0.6 is 46.7 Å². The molecule has 1 aromatic heterocycles. The van der Waals surface area contributed by atoms with Crippen LogP contribution in [0.25, 0.3) is 0 Å². The van der Waals surface area contributed by atoms with Gasteiger partial charge in [-0.15, -0.1) is 11.8 Å². The molecule has 1 aliphatic carbocycles. The van der Waals surface area contributed by atoms with Crippen LogP contribution in [0, 0.1) is 5.92 Å². The zero-order chi connectivity index (χ0) is 21.5. The SMILES string of the molecule is COC(=O)c1c(NCC2CCCCC2)nc(SC)nc1SCc1ccc(Cl)c(Cl)c1. The molecule has 1 N–H and O–H groups in total. The van der Waals surface area contributed by atoms with Gasteiger partial charge in [-0.25, -0.2) is 14.8 Å². The molecule has 0 spiro atoms. The molecule has 30 heavy (non-hydrogen) atoms. The van der Waals surface area contributed by atoms with Crippen molar-refractivity contribution in [2.75, 3.05) is 25.2 Å². The summed E-state index contributed by atoms with van der Waals surface area (Å²) in [5.41, 5.74) is 1.38. The van der Waals surface area contributed by atoms with Crippen LogP contribution in [-0.4, -0.2) is 35.8 Å². The Morgan fingerprint density at radius 3 is 2.63 bits per heavy atom. The van der Waals surface area contributed by atoms with Crippen molar-refractivity contribution in [3.8, 4) is 0 Å². The van der Waals surface area contributed by atoms with Crippen LogP contribution < -0.4 is 5.32 Å². The average Bonchev–Trinajstić information content (AvgIpc) is 2.78. The summed E-state index contributed by atoms with van der Waals surface area (Å²) < 4.78 is 5.05. The molecule has 1 aromatic carbocycles. The summed E-state index contributed by atoms with van der Waals surface area (Å²) in [5.74, 6) is 1.30. The normalized spacial score (nSPS) is 14.5. The largest absolute Gasteiger partial charge is 0.465 e. The zero-order valence-corrected chi connectivity index (χ0v) is 20.2. The van der Waals surface area contributed by atoms with Crippen LogP contribution in [0.2, 0.25) is 10.0 Å². The Morgan fingerprint density at radius 1 is 1.20 bits per heavy atom. The monoisotopic (exact) mass is 485 g/mol. The topological polar surface area (TPSA) is 64.1 Å². The number of anilines is 1. The lowest BCUT2D eigenvalue weighted by molar-refractivity contribution is 0.0596. The van der Waals surface area contributed by atoms with E-state index in [1.165, 1.54) is 62.7 Å². The van der Waals surface area contributed by atoms with E-state index in [9.17, 15) is 4.79 Å². The number of esters is 1. The van der Waals surface area contributed by atoms with E-state index in [-0.39, 0.29) is 0 Å². The minimum absolute atomic E-state index is 0.385. The molecule has 0 bridgehead atoms. The molecule has 0 amide bonds. The fraction of sp³-hybridized carbons (Fsp3) is 0.476. The van der Waals surface area contributed by atoms with Gasteiger partial charge in [-0.1, -0.05) is 60.3 Å². The zero-order valence-electron chi connectivity index (χ0n) is 17.0. The van der Waals surface area contributed by atoms with E-state index < -0.39 is 5.97 Å². The van der Waals surface area contributed by atoms with Gasteiger partial charge in [-0.2, -0.15) is 0 Å². The van der Waals surface area contributed by atoms with Crippen molar-refractivity contribution < 1.29 is 9.53 Å². The lowest BCUT2D eigenvalue weighted by Crippen LogP contribution is -2.20. The van der Waals surface area contributed by atoms with Crippen LogP contribution in [0.4, 0.5) is 5.82 Å². The highest BCUT2D eigenvalue weighted by Crippen LogP contribution is 2.33. The molecule has 162 valence electrons. The molecule has 2 aromatic rings. The van der Waals surface area contributed by atoms with Gasteiger partial charge in [0.25, 0.3) is 0 Å². The number of ether oxygens (including phenoxy) is 1. The Bertz CT molecular complexity index is 893. The molecule has 1 fully saturated rings. The minimum atomic E-state index is -0.439. The van der Waals surface area contributed by atoms with Gasteiger partial charge in [0.2, 0.25) is 0 Å². The van der Waals surface area contributed by atoms with E-state index in [2.05, 4.69) is 15.3 Å². The summed E-state index contributed by atoms with van der Waals surface area (Å²) >= 11 is 15.0. The number of rotatable bonds is 8. The smallest absolute Gasteiger partial charge is 0.344 e. The second-order valence-electron chi connectivity index (χ2n) is 7.15. The number of carbonyl (C=O) groups is 1. The Morgan fingerprint density at radius 2 is 1.97 bits per heavy atom. The van der Waals surface area contributed by atoms with Crippen molar-refractivity contribution in [1.82, 2.24) is 9.97 Å². The minimum Gasteiger partial charge on any atom is -0.465 e. The number of halogens is 2. The first-order valence-corrected chi connectivity index (χ1v) is 12.8. The van der Waals surface area contributed by atoms with Gasteiger partial charge in [0.1, 0.15) is 16.4 Å². The lowest BCUT2D eigenvalue weighted by atomic mass is 9.89. The summed E-state index contributed by atoms with van der Waals surface area (Å²) in [6.07, 6.45) is 8.18. The van der Waals surface area contributed by atoms with Crippen LogP contribution in [0.5, 0.6) is 0 Å². The molecule has 0 atom stereocenters. The molecule has 0 saturated heterocycles. The van der Waals surface area contributed by atoms with Crippen molar-refractivity contribution in [2.45, 2.75) is 48.0 Å². The predicted octanol–water partition coefficient (Wildman–Crippen LogP) is 6.58. The van der Waals surface area contributed by atoms with E-state index >= 15 is 0 Å². The molecule has 1 heterocycles. The highest BCUT2D eigenvalue weighted by molar-refractivity contribution is 7.99. The van der Waals surface area contributed by atoms with E-state index in [1.54, 1.807) is 6.07 Å². The average molecular weight is 486 g/mol. The van der Waals surface area contributed by atoms with Gasteiger partial charge in [0.15, 0.2) is 5.16 Å². The van der Waals surface area contributed by atoms with Crippen molar-refractivity contribution >= 4 is 58.5 Å². The standard InChI is InChI=1S/C21H25Cl2N3O2S2/c1-28-20(27)17-18(24-11-13-6-4-3-5-7-13)25-21(29-2)26-19(17)30-12-14-8-9-15(22)16(23)10-14/h8-10,13H,3-7,11-12H2,1-2H3,(H,24,25,26). The number of methoxy groups -OCH3 is 1. The summed E-state index contributed by atoms with van der Waals surface area (Å²) in [7, 11) is 1.38. The number of thioether (sulfide) groups is 2. The maximum atomic E-state index is 12.6. The number of hydrogen-bond donors (Lipinski definition) is 1.